The zero-order valence-corrected chi connectivity index (χ0v) is 17.2. The summed E-state index contributed by atoms with van der Waals surface area (Å²) in [6, 6.07) is 6.64. The van der Waals surface area contributed by atoms with E-state index in [0.29, 0.717) is 55.1 Å². The number of morpholine rings is 1. The van der Waals surface area contributed by atoms with E-state index in [9.17, 15) is 4.39 Å². The molecule has 0 spiro atoms. The van der Waals surface area contributed by atoms with Crippen molar-refractivity contribution in [3.63, 3.8) is 0 Å². The van der Waals surface area contributed by atoms with Crippen molar-refractivity contribution in [3.8, 4) is 11.3 Å². The highest BCUT2D eigenvalue weighted by Crippen LogP contribution is 2.34. The summed E-state index contributed by atoms with van der Waals surface area (Å²) in [5.74, 6) is 0.351. The minimum absolute atomic E-state index is 0.318. The summed E-state index contributed by atoms with van der Waals surface area (Å²) in [6.07, 6.45) is 0.943. The van der Waals surface area contributed by atoms with Crippen LogP contribution in [0.4, 0.5) is 10.3 Å². The predicted molar refractivity (Wildman–Crippen MR) is 112 cm³/mol. The summed E-state index contributed by atoms with van der Waals surface area (Å²) in [4.78, 5) is 4.19. The monoisotopic (exact) mass is 406 g/mol. The Bertz CT molecular complexity index is 792. The lowest BCUT2D eigenvalue weighted by molar-refractivity contribution is 0.120. The molecule has 0 radical (unpaired) electrons. The number of nitrogens with zero attached hydrogens (tertiary/aromatic N) is 3. The second-order valence-corrected chi connectivity index (χ2v) is 7.04. The molecule has 8 heteroatoms. The fourth-order valence-corrected chi connectivity index (χ4v) is 3.60. The number of anilines is 1. The molecule has 1 saturated heterocycles. The van der Waals surface area contributed by atoms with E-state index in [-0.39, 0.29) is 5.82 Å². The Hall–Kier alpha value is -2.19. The van der Waals surface area contributed by atoms with Crippen LogP contribution in [-0.2, 0) is 11.3 Å². The highest BCUT2D eigenvalue weighted by Gasteiger charge is 2.27. The maximum absolute atomic E-state index is 14.5. The van der Waals surface area contributed by atoms with E-state index in [1.54, 1.807) is 18.2 Å². The molecule has 0 unspecified atom stereocenters. The summed E-state index contributed by atoms with van der Waals surface area (Å²) in [6.45, 7) is 8.84. The van der Waals surface area contributed by atoms with Crippen LogP contribution in [0, 0.1) is 5.82 Å². The predicted octanol–water partition coefficient (Wildman–Crippen LogP) is 3.42. The van der Waals surface area contributed by atoms with Crippen LogP contribution in [0.2, 0.25) is 0 Å². The summed E-state index contributed by atoms with van der Waals surface area (Å²) in [5, 5.41) is 8.14. The van der Waals surface area contributed by atoms with Crippen molar-refractivity contribution in [2.24, 2.45) is 0 Å². The van der Waals surface area contributed by atoms with Gasteiger partial charge in [-0.2, -0.15) is 0 Å². The molecule has 28 heavy (non-hydrogen) atoms. The van der Waals surface area contributed by atoms with Crippen molar-refractivity contribution >= 4 is 23.2 Å². The van der Waals surface area contributed by atoms with E-state index >= 15 is 0 Å². The summed E-state index contributed by atoms with van der Waals surface area (Å²) < 4.78 is 25.7. The Morgan fingerprint density at radius 1 is 1.29 bits per heavy atom. The molecule has 1 aliphatic heterocycles. The van der Waals surface area contributed by atoms with Gasteiger partial charge in [0.1, 0.15) is 11.5 Å². The minimum Gasteiger partial charge on any atom is -0.378 e. The van der Waals surface area contributed by atoms with Gasteiger partial charge in [0.2, 0.25) is 5.88 Å². The highest BCUT2D eigenvalue weighted by molar-refractivity contribution is 7.80. The molecule has 1 aromatic heterocycles. The smallest absolute Gasteiger partial charge is 0.233 e. The van der Waals surface area contributed by atoms with E-state index in [4.69, 9.17) is 21.5 Å². The van der Waals surface area contributed by atoms with Crippen LogP contribution in [-0.4, -0.2) is 54.6 Å². The molecule has 1 aliphatic rings. The first-order valence-corrected chi connectivity index (χ1v) is 10.1. The van der Waals surface area contributed by atoms with Crippen molar-refractivity contribution in [1.29, 1.82) is 0 Å². The molecule has 1 aromatic carbocycles. The van der Waals surface area contributed by atoms with Crippen molar-refractivity contribution in [1.82, 2.24) is 15.4 Å². The Balaban J connectivity index is 2.00. The molecule has 1 fully saturated rings. The number of nitrogens with one attached hydrogen (secondary N) is 1. The minimum atomic E-state index is -0.318. The van der Waals surface area contributed by atoms with Crippen molar-refractivity contribution in [3.05, 3.63) is 35.6 Å². The largest absolute Gasteiger partial charge is 0.378 e. The molecule has 152 valence electrons. The lowest BCUT2D eigenvalue weighted by Crippen LogP contribution is -2.40. The van der Waals surface area contributed by atoms with Gasteiger partial charge in [-0.3, -0.25) is 0 Å². The van der Waals surface area contributed by atoms with E-state index in [1.165, 1.54) is 6.07 Å². The van der Waals surface area contributed by atoms with Gasteiger partial charge >= 0.3 is 0 Å². The van der Waals surface area contributed by atoms with Gasteiger partial charge in [0, 0.05) is 31.7 Å². The van der Waals surface area contributed by atoms with Crippen LogP contribution in [0.3, 0.4) is 0 Å². The summed E-state index contributed by atoms with van der Waals surface area (Å²) in [7, 11) is 0. The van der Waals surface area contributed by atoms with Gasteiger partial charge in [0.05, 0.1) is 25.3 Å². The van der Waals surface area contributed by atoms with Gasteiger partial charge in [0.15, 0.2) is 5.11 Å². The van der Waals surface area contributed by atoms with Crippen LogP contribution >= 0.6 is 12.2 Å². The van der Waals surface area contributed by atoms with E-state index in [0.717, 1.165) is 25.1 Å². The average molecular weight is 407 g/mol. The third-order valence-electron chi connectivity index (χ3n) is 4.65. The van der Waals surface area contributed by atoms with E-state index < -0.39 is 0 Å². The maximum atomic E-state index is 14.5. The van der Waals surface area contributed by atoms with Crippen molar-refractivity contribution < 1.29 is 13.7 Å². The number of ether oxygens (including phenoxy) is 1. The van der Waals surface area contributed by atoms with Crippen LogP contribution in [0.15, 0.2) is 28.8 Å². The molecule has 0 amide bonds. The molecule has 0 bridgehead atoms. The number of hydrogen-bond donors (Lipinski definition) is 1. The number of rotatable bonds is 7. The first-order chi connectivity index (χ1) is 13.7. The normalized spacial score (nSPS) is 14.2. The second-order valence-electron chi connectivity index (χ2n) is 6.65. The van der Waals surface area contributed by atoms with Crippen LogP contribution in [0.25, 0.3) is 11.3 Å². The molecule has 1 N–H and O–H groups in total. The third-order valence-corrected chi connectivity index (χ3v) is 5.05. The fourth-order valence-electron chi connectivity index (χ4n) is 3.30. The van der Waals surface area contributed by atoms with E-state index in [2.05, 4.69) is 27.2 Å². The molecule has 3 rings (SSSR count). The Morgan fingerprint density at radius 2 is 2.04 bits per heavy atom. The zero-order chi connectivity index (χ0) is 19.9. The molecule has 0 aliphatic carbocycles. The van der Waals surface area contributed by atoms with E-state index in [1.807, 2.05) is 6.92 Å². The quantitative estimate of drug-likeness (QED) is 0.707. The molecule has 0 atom stereocenters. The van der Waals surface area contributed by atoms with Crippen LogP contribution in [0.5, 0.6) is 0 Å². The number of hydrogen-bond acceptors (Lipinski definition) is 5. The lowest BCUT2D eigenvalue weighted by atomic mass is 10.1. The number of aromatic nitrogens is 1. The molecule has 2 heterocycles. The fraction of sp³-hybridized carbons (Fsp3) is 0.500. The Labute approximate surface area is 170 Å². The van der Waals surface area contributed by atoms with Gasteiger partial charge in [-0.05, 0) is 37.7 Å². The molecule has 6 nitrogen and oxygen atoms in total. The van der Waals surface area contributed by atoms with Crippen LogP contribution < -0.4 is 10.2 Å². The van der Waals surface area contributed by atoms with Crippen LogP contribution in [0.1, 0.15) is 25.8 Å². The summed E-state index contributed by atoms with van der Waals surface area (Å²) in [5.41, 5.74) is 1.81. The first-order valence-electron chi connectivity index (χ1n) is 9.74. The van der Waals surface area contributed by atoms with Crippen molar-refractivity contribution in [2.45, 2.75) is 26.8 Å². The van der Waals surface area contributed by atoms with Gasteiger partial charge in [-0.1, -0.05) is 24.2 Å². The standard InChI is InChI=1S/C20H27FN4O2S/c1-3-9-25(20(28)22-4-2)14-16-18(15-7-5-6-8-17(15)21)23-27-19(16)24-10-12-26-13-11-24/h5-8H,3-4,9-14H2,1-2H3,(H,22,28). The molecular weight excluding hydrogens is 379 g/mol. The lowest BCUT2D eigenvalue weighted by Gasteiger charge is -2.29. The van der Waals surface area contributed by atoms with Gasteiger partial charge < -0.3 is 24.4 Å². The molecular formula is C20H27FN4O2S. The highest BCUT2D eigenvalue weighted by atomic mass is 32.1. The van der Waals surface area contributed by atoms with Gasteiger partial charge in [-0.25, -0.2) is 4.39 Å². The molecule has 2 aromatic rings. The number of halogens is 1. The number of benzene rings is 1. The Kier molecular flexibility index (Phi) is 7.22. The third kappa shape index (κ3) is 4.62. The zero-order valence-electron chi connectivity index (χ0n) is 16.4. The second kappa shape index (κ2) is 9.84. The number of thiocarbonyl (C=S) groups is 1. The molecule has 0 saturated carbocycles. The SMILES string of the molecule is CCCN(Cc1c(-c2ccccc2F)noc1N1CCOCC1)C(=S)NCC. The first kappa shape index (κ1) is 20.5. The van der Waals surface area contributed by atoms with Crippen molar-refractivity contribution in [2.75, 3.05) is 44.3 Å². The van der Waals surface area contributed by atoms with Gasteiger partial charge in [0.25, 0.3) is 0 Å². The maximum Gasteiger partial charge on any atom is 0.233 e. The average Bonchev–Trinajstić information content (AvgIpc) is 3.12. The summed E-state index contributed by atoms with van der Waals surface area (Å²) >= 11 is 5.55. The van der Waals surface area contributed by atoms with Gasteiger partial charge in [-0.15, -0.1) is 0 Å². The Morgan fingerprint density at radius 3 is 2.71 bits per heavy atom. The topological polar surface area (TPSA) is 53.8 Å².